The zero-order valence-electron chi connectivity index (χ0n) is 17.8. The third-order valence-corrected chi connectivity index (χ3v) is 13.4. The second kappa shape index (κ2) is 21.2. The molecule has 0 aliphatic carbocycles. The summed E-state index contributed by atoms with van der Waals surface area (Å²) in [7, 11) is -1.41. The van der Waals surface area contributed by atoms with E-state index in [1.165, 1.54) is 0 Å². The van der Waals surface area contributed by atoms with E-state index < -0.39 is 7.59 Å². The molecule has 0 heterocycles. The summed E-state index contributed by atoms with van der Waals surface area (Å²) in [4.78, 5) is 24.9. The van der Waals surface area contributed by atoms with Crippen molar-refractivity contribution in [1.82, 2.24) is 10.2 Å². The van der Waals surface area contributed by atoms with E-state index in [0.29, 0.717) is 32.0 Å². The molecule has 30 heavy (non-hydrogen) atoms. The quantitative estimate of drug-likeness (QED) is 0.124. The van der Waals surface area contributed by atoms with Crippen molar-refractivity contribution in [3.05, 3.63) is 12.2 Å². The summed E-state index contributed by atoms with van der Waals surface area (Å²) in [6.45, 7) is 17.4. The van der Waals surface area contributed by atoms with E-state index in [1.807, 2.05) is 11.8 Å². The second-order valence-electron chi connectivity index (χ2n) is 7.34. The van der Waals surface area contributed by atoms with E-state index in [9.17, 15) is 9.59 Å². The largest absolute Gasteiger partial charge is 0.461 e. The number of hydrogen-bond acceptors (Lipinski definition) is 6. The maximum atomic E-state index is 11.8. The Labute approximate surface area is 189 Å². The molecular formula is C21H50N2O5Si2. The van der Waals surface area contributed by atoms with E-state index in [4.69, 9.17) is 14.2 Å². The molecule has 0 aliphatic rings. The van der Waals surface area contributed by atoms with E-state index >= 15 is 0 Å². The fourth-order valence-corrected chi connectivity index (χ4v) is 7.64. The Morgan fingerprint density at radius 3 is 2.23 bits per heavy atom. The summed E-state index contributed by atoms with van der Waals surface area (Å²) in [5.41, 5.74) is 0.391. The number of rotatable bonds is 16. The van der Waals surface area contributed by atoms with E-state index in [0.717, 1.165) is 25.4 Å². The smallest absolute Gasteiger partial charge is 0.333 e. The minimum absolute atomic E-state index is 0. The van der Waals surface area contributed by atoms with Gasteiger partial charge in [-0.05, 0) is 19.9 Å². The van der Waals surface area contributed by atoms with Gasteiger partial charge in [0.2, 0.25) is 5.91 Å². The van der Waals surface area contributed by atoms with Gasteiger partial charge in [0.1, 0.15) is 6.61 Å². The predicted molar refractivity (Wildman–Crippen MR) is 134 cm³/mol. The highest BCUT2D eigenvalue weighted by Crippen LogP contribution is 2.09. The van der Waals surface area contributed by atoms with Crippen LogP contribution in [0.5, 0.6) is 0 Å². The Balaban J connectivity index is -0.00000113. The lowest BCUT2D eigenvalue weighted by Crippen LogP contribution is -2.43. The van der Waals surface area contributed by atoms with Crippen LogP contribution in [0.25, 0.3) is 0 Å². The molecule has 0 aliphatic heterocycles. The normalized spacial score (nSPS) is 10.6. The maximum absolute atomic E-state index is 11.8. The van der Waals surface area contributed by atoms with Crippen LogP contribution in [0.15, 0.2) is 12.2 Å². The summed E-state index contributed by atoms with van der Waals surface area (Å²) in [6, 6.07) is 1.12. The zero-order chi connectivity index (χ0) is 20.7. The number of nitrogens with one attached hydrogen (secondary N) is 1. The number of nitrogens with zero attached hydrogens (tertiary/aromatic N) is 1. The van der Waals surface area contributed by atoms with Crippen molar-refractivity contribution in [1.29, 1.82) is 0 Å². The highest BCUT2D eigenvalue weighted by atomic mass is 29.2. The first-order chi connectivity index (χ1) is 12.7. The highest BCUT2D eigenvalue weighted by Gasteiger charge is 2.22. The van der Waals surface area contributed by atoms with E-state index in [1.54, 1.807) is 13.8 Å². The molecule has 0 aromatic heterocycles. The number of amides is 1. The first-order valence-corrected chi connectivity index (χ1v) is 16.2. The standard InChI is InChI=1S/C18H38N2O5Si2.3CH4/c1-7-23-15-26-27(5,6)13-10-20(17(4)21)9-12-24-14-19-8-11-25-18(22)16(2)3;;;/h19H,2,7-15,26H2,1,3-6H3;3*1H4. The van der Waals surface area contributed by atoms with Gasteiger partial charge in [-0.2, -0.15) is 0 Å². The van der Waals surface area contributed by atoms with Crippen molar-refractivity contribution in [3.63, 3.8) is 0 Å². The second-order valence-corrected chi connectivity index (χ2v) is 20.3. The van der Waals surface area contributed by atoms with Gasteiger partial charge in [-0.25, -0.2) is 4.79 Å². The van der Waals surface area contributed by atoms with Crippen LogP contribution in [-0.2, 0) is 23.8 Å². The molecule has 0 rings (SSSR count). The van der Waals surface area contributed by atoms with Gasteiger partial charge in [-0.1, -0.05) is 42.0 Å². The predicted octanol–water partition coefficient (Wildman–Crippen LogP) is 2.79. The van der Waals surface area contributed by atoms with Crippen LogP contribution < -0.4 is 5.32 Å². The molecule has 0 bridgehead atoms. The summed E-state index contributed by atoms with van der Waals surface area (Å²) < 4.78 is 16.0. The Morgan fingerprint density at radius 1 is 1.07 bits per heavy atom. The lowest BCUT2D eigenvalue weighted by molar-refractivity contribution is -0.138. The van der Waals surface area contributed by atoms with Gasteiger partial charge in [-0.15, -0.1) is 0 Å². The number of esters is 1. The van der Waals surface area contributed by atoms with Crippen LogP contribution >= 0.6 is 0 Å². The molecule has 0 unspecified atom stereocenters. The molecule has 7 nitrogen and oxygen atoms in total. The van der Waals surface area contributed by atoms with Crippen LogP contribution in [0.1, 0.15) is 43.1 Å². The van der Waals surface area contributed by atoms with Gasteiger partial charge in [0, 0.05) is 61.6 Å². The lowest BCUT2D eigenvalue weighted by atomic mass is 10.4. The SMILES string of the molecule is C.C.C.C=C(C)C(=O)OCCNCOCCN(CC[Si](C)(C)[SiH2]COCC)C(C)=O. The van der Waals surface area contributed by atoms with Crippen molar-refractivity contribution in [2.24, 2.45) is 0 Å². The van der Waals surface area contributed by atoms with Gasteiger partial charge in [-0.3, -0.25) is 10.1 Å². The maximum Gasteiger partial charge on any atom is 0.333 e. The van der Waals surface area contributed by atoms with Crippen molar-refractivity contribution in [2.75, 3.05) is 52.4 Å². The fraction of sp³-hybridized carbons (Fsp3) is 0.810. The number of ether oxygens (including phenoxy) is 3. The van der Waals surface area contributed by atoms with Crippen LogP contribution in [0.3, 0.4) is 0 Å². The first kappa shape index (κ1) is 36.4. The van der Waals surface area contributed by atoms with Gasteiger partial charge in [0.05, 0.1) is 13.3 Å². The third kappa shape index (κ3) is 20.3. The number of hydrogen-bond donors (Lipinski definition) is 1. The minimum atomic E-state index is -1.22. The summed E-state index contributed by atoms with van der Waals surface area (Å²) >= 11 is 0. The van der Waals surface area contributed by atoms with Crippen LogP contribution in [-0.4, -0.2) is 85.8 Å². The molecule has 0 atom stereocenters. The van der Waals surface area contributed by atoms with Crippen LogP contribution in [0.2, 0.25) is 19.1 Å². The average molecular weight is 467 g/mol. The monoisotopic (exact) mass is 466 g/mol. The number of carbonyl (C=O) groups excluding carboxylic acids is 2. The molecule has 1 amide bonds. The van der Waals surface area contributed by atoms with Crippen molar-refractivity contribution in [2.45, 2.75) is 62.2 Å². The van der Waals surface area contributed by atoms with Gasteiger partial charge in [0.15, 0.2) is 0 Å². The molecule has 0 aromatic carbocycles. The molecular weight excluding hydrogens is 416 g/mol. The summed E-state index contributed by atoms with van der Waals surface area (Å²) in [5, 5.41) is 3.03. The van der Waals surface area contributed by atoms with Crippen LogP contribution in [0.4, 0.5) is 0 Å². The average Bonchev–Trinajstić information content (AvgIpc) is 2.59. The molecule has 0 saturated carbocycles. The topological polar surface area (TPSA) is 77.1 Å². The third-order valence-electron chi connectivity index (χ3n) is 4.20. The summed E-state index contributed by atoms with van der Waals surface area (Å²) in [5.74, 6) is -0.292. The van der Waals surface area contributed by atoms with Crippen molar-refractivity contribution in [3.8, 4) is 0 Å². The Bertz CT molecular complexity index is 463. The van der Waals surface area contributed by atoms with E-state index in [2.05, 4.69) is 25.0 Å². The van der Waals surface area contributed by atoms with Crippen molar-refractivity contribution >= 4 is 28.5 Å². The number of carbonyl (C=O) groups is 2. The fourth-order valence-electron chi connectivity index (χ4n) is 2.21. The van der Waals surface area contributed by atoms with Gasteiger partial charge < -0.3 is 19.1 Å². The molecule has 1 N–H and O–H groups in total. The van der Waals surface area contributed by atoms with E-state index in [-0.39, 0.29) is 49.8 Å². The first-order valence-electron chi connectivity index (χ1n) is 9.64. The molecule has 0 fully saturated rings. The molecule has 0 aromatic rings. The Hall–Kier alpha value is -1.01. The molecule has 182 valence electrons. The minimum Gasteiger partial charge on any atom is -0.461 e. The van der Waals surface area contributed by atoms with Gasteiger partial charge >= 0.3 is 5.97 Å². The molecule has 0 spiro atoms. The molecule has 0 saturated heterocycles. The molecule has 9 heteroatoms. The van der Waals surface area contributed by atoms with Gasteiger partial charge in [0.25, 0.3) is 0 Å². The summed E-state index contributed by atoms with van der Waals surface area (Å²) in [6.07, 6.45) is 0.951. The van der Waals surface area contributed by atoms with Crippen LogP contribution in [0, 0.1) is 0 Å². The van der Waals surface area contributed by atoms with Crippen molar-refractivity contribution < 1.29 is 23.8 Å². The molecule has 0 radical (unpaired) electrons. The Kier molecular flexibility index (Phi) is 25.7. The Morgan fingerprint density at radius 2 is 1.70 bits per heavy atom. The highest BCUT2D eigenvalue weighted by molar-refractivity contribution is 7.23. The lowest BCUT2D eigenvalue weighted by Gasteiger charge is -2.27. The zero-order valence-corrected chi connectivity index (χ0v) is 20.2.